The summed E-state index contributed by atoms with van der Waals surface area (Å²) < 4.78 is 18.9. The molecule has 2 aromatic heterocycles. The molecule has 1 saturated carbocycles. The SMILES string of the molecule is COCCCOc1cc2c(cc1-c1cnco1)-c1cc(=O)c(C(=O)O)cn1[C@H]1[C@@H]2CCC1(C)C. The maximum atomic E-state index is 12.7. The molecule has 1 aliphatic carbocycles. The second-order valence-corrected chi connectivity index (χ2v) is 9.72. The van der Waals surface area contributed by atoms with Crippen LogP contribution in [0.4, 0.5) is 0 Å². The van der Waals surface area contributed by atoms with E-state index in [1.54, 1.807) is 13.3 Å². The highest BCUT2D eigenvalue weighted by Gasteiger charge is 2.47. The number of carbonyl (C=O) groups is 1. The van der Waals surface area contributed by atoms with Crippen LogP contribution in [-0.4, -0.2) is 41.0 Å². The van der Waals surface area contributed by atoms with Crippen molar-refractivity contribution in [2.75, 3.05) is 20.3 Å². The number of oxazole rings is 1. The van der Waals surface area contributed by atoms with Crippen LogP contribution < -0.4 is 10.2 Å². The number of benzene rings is 1. The highest BCUT2D eigenvalue weighted by molar-refractivity contribution is 5.88. The van der Waals surface area contributed by atoms with E-state index >= 15 is 0 Å². The summed E-state index contributed by atoms with van der Waals surface area (Å²) in [6.07, 6.45) is 7.23. The second kappa shape index (κ2) is 8.43. The maximum absolute atomic E-state index is 12.7. The van der Waals surface area contributed by atoms with Crippen molar-refractivity contribution < 1.29 is 23.8 Å². The molecular weight excluding hydrogens is 436 g/mol. The van der Waals surface area contributed by atoms with Crippen molar-refractivity contribution >= 4 is 5.97 Å². The summed E-state index contributed by atoms with van der Waals surface area (Å²) in [6, 6.07) is 5.54. The number of hydrogen-bond acceptors (Lipinski definition) is 6. The number of ether oxygens (including phenoxy) is 2. The Morgan fingerprint density at radius 3 is 2.79 bits per heavy atom. The third-order valence-corrected chi connectivity index (χ3v) is 7.17. The Morgan fingerprint density at radius 1 is 1.26 bits per heavy atom. The van der Waals surface area contributed by atoms with E-state index in [2.05, 4.69) is 24.9 Å². The number of carboxylic acids is 1. The molecule has 0 saturated heterocycles. The predicted octanol–water partition coefficient (Wildman–Crippen LogP) is 4.74. The van der Waals surface area contributed by atoms with Crippen LogP contribution in [0.5, 0.6) is 5.75 Å². The Labute approximate surface area is 197 Å². The van der Waals surface area contributed by atoms with E-state index < -0.39 is 11.4 Å². The smallest absolute Gasteiger partial charge is 0.341 e. The number of hydrogen-bond donors (Lipinski definition) is 1. The van der Waals surface area contributed by atoms with E-state index in [1.807, 2.05) is 10.6 Å². The fourth-order valence-electron chi connectivity index (χ4n) is 5.60. The van der Waals surface area contributed by atoms with E-state index in [-0.39, 0.29) is 22.9 Å². The van der Waals surface area contributed by atoms with Crippen LogP contribution in [0.1, 0.15) is 61.0 Å². The Balaban J connectivity index is 1.72. The fourth-order valence-corrected chi connectivity index (χ4v) is 5.60. The minimum absolute atomic E-state index is 0.0335. The zero-order valence-electron chi connectivity index (χ0n) is 19.5. The van der Waals surface area contributed by atoms with E-state index in [0.717, 1.165) is 36.0 Å². The molecule has 5 rings (SSSR count). The lowest BCUT2D eigenvalue weighted by Crippen LogP contribution is -2.32. The van der Waals surface area contributed by atoms with Crippen LogP contribution in [-0.2, 0) is 4.74 Å². The van der Waals surface area contributed by atoms with Crippen molar-refractivity contribution in [3.8, 4) is 28.3 Å². The molecule has 0 unspecified atom stereocenters. The summed E-state index contributed by atoms with van der Waals surface area (Å²) in [5.41, 5.74) is 2.69. The van der Waals surface area contributed by atoms with Gasteiger partial charge in [-0.3, -0.25) is 4.79 Å². The van der Waals surface area contributed by atoms with Crippen LogP contribution in [0.2, 0.25) is 0 Å². The lowest BCUT2D eigenvalue weighted by atomic mass is 9.77. The highest BCUT2D eigenvalue weighted by atomic mass is 16.5. The van der Waals surface area contributed by atoms with E-state index in [4.69, 9.17) is 13.9 Å². The molecule has 178 valence electrons. The monoisotopic (exact) mass is 464 g/mol. The molecule has 0 bridgehead atoms. The molecule has 34 heavy (non-hydrogen) atoms. The van der Waals surface area contributed by atoms with Crippen molar-refractivity contribution in [3.63, 3.8) is 0 Å². The van der Waals surface area contributed by atoms with Gasteiger partial charge >= 0.3 is 5.97 Å². The second-order valence-electron chi connectivity index (χ2n) is 9.72. The fraction of sp³-hybridized carbons (Fsp3) is 0.423. The van der Waals surface area contributed by atoms with Gasteiger partial charge in [0, 0.05) is 49.9 Å². The minimum atomic E-state index is -1.21. The number of methoxy groups -OCH3 is 1. The van der Waals surface area contributed by atoms with Crippen molar-refractivity contribution in [2.45, 2.75) is 45.1 Å². The Kier molecular flexibility index (Phi) is 5.56. The van der Waals surface area contributed by atoms with Crippen LogP contribution in [0.3, 0.4) is 0 Å². The molecule has 0 spiro atoms. The number of fused-ring (bicyclic) bond motifs is 6. The molecule has 8 nitrogen and oxygen atoms in total. The maximum Gasteiger partial charge on any atom is 0.341 e. The molecule has 2 aliphatic rings. The first-order valence-corrected chi connectivity index (χ1v) is 11.5. The summed E-state index contributed by atoms with van der Waals surface area (Å²) in [7, 11) is 1.66. The van der Waals surface area contributed by atoms with Gasteiger partial charge in [-0.1, -0.05) is 13.8 Å². The molecule has 1 aromatic carbocycles. The van der Waals surface area contributed by atoms with Gasteiger partial charge in [-0.15, -0.1) is 0 Å². The number of nitrogens with zero attached hydrogens (tertiary/aromatic N) is 2. The molecule has 3 aromatic rings. The van der Waals surface area contributed by atoms with E-state index in [9.17, 15) is 14.7 Å². The Morgan fingerprint density at radius 2 is 2.09 bits per heavy atom. The van der Waals surface area contributed by atoms with Crippen molar-refractivity contribution in [1.29, 1.82) is 0 Å². The summed E-state index contributed by atoms with van der Waals surface area (Å²) in [5.74, 6) is 0.231. The van der Waals surface area contributed by atoms with Gasteiger partial charge in [-0.25, -0.2) is 9.78 Å². The van der Waals surface area contributed by atoms with Gasteiger partial charge in [0.2, 0.25) is 0 Å². The lowest BCUT2D eigenvalue weighted by Gasteiger charge is -2.40. The van der Waals surface area contributed by atoms with Crippen LogP contribution >= 0.6 is 0 Å². The molecule has 8 heteroatoms. The van der Waals surface area contributed by atoms with Crippen LogP contribution in [0, 0.1) is 5.41 Å². The van der Waals surface area contributed by atoms with Gasteiger partial charge in [0.15, 0.2) is 17.6 Å². The summed E-state index contributed by atoms with van der Waals surface area (Å²) >= 11 is 0. The summed E-state index contributed by atoms with van der Waals surface area (Å²) in [6.45, 7) is 5.50. The largest absolute Gasteiger partial charge is 0.493 e. The summed E-state index contributed by atoms with van der Waals surface area (Å²) in [4.78, 5) is 28.5. The molecule has 1 N–H and O–H groups in total. The van der Waals surface area contributed by atoms with Crippen LogP contribution in [0.15, 0.2) is 46.2 Å². The third-order valence-electron chi connectivity index (χ3n) is 7.17. The average Bonchev–Trinajstić information content (AvgIpc) is 3.44. The Hall–Kier alpha value is -3.39. The van der Waals surface area contributed by atoms with Crippen LogP contribution in [0.25, 0.3) is 22.6 Å². The van der Waals surface area contributed by atoms with Gasteiger partial charge in [-0.2, -0.15) is 0 Å². The molecule has 0 radical (unpaired) electrons. The first-order valence-electron chi connectivity index (χ1n) is 11.5. The Bertz CT molecular complexity index is 1290. The van der Waals surface area contributed by atoms with Crippen molar-refractivity contribution in [2.24, 2.45) is 5.41 Å². The quantitative estimate of drug-likeness (QED) is 0.504. The van der Waals surface area contributed by atoms with Crippen molar-refractivity contribution in [1.82, 2.24) is 9.55 Å². The number of pyridine rings is 1. The number of aromatic carboxylic acids is 1. The molecule has 1 fully saturated rings. The average molecular weight is 465 g/mol. The molecule has 2 atom stereocenters. The predicted molar refractivity (Wildman–Crippen MR) is 125 cm³/mol. The number of rotatable bonds is 7. The van der Waals surface area contributed by atoms with Gasteiger partial charge in [0.05, 0.1) is 24.1 Å². The van der Waals surface area contributed by atoms with Gasteiger partial charge < -0.3 is 23.6 Å². The third kappa shape index (κ3) is 3.62. The minimum Gasteiger partial charge on any atom is -0.493 e. The topological polar surface area (TPSA) is 104 Å². The first kappa shape index (κ1) is 22.4. The number of aromatic nitrogens is 2. The lowest BCUT2D eigenvalue weighted by molar-refractivity contribution is 0.0693. The standard InChI is InChI=1S/C26H28N2O6/c1-26(2)6-5-15-16-10-22(33-8-4-7-32-3)18(23-12-27-14-34-23)9-17(16)20-11-21(29)19(25(30)31)13-28(20)24(15)26/h9-15,24H,4-8H2,1-3H3,(H,30,31)/t15-,24+/m1/s1. The molecule has 1 aliphatic heterocycles. The number of carboxylic acid groups (broad SMARTS) is 1. The molecule has 3 heterocycles. The highest BCUT2D eigenvalue weighted by Crippen LogP contribution is 2.59. The van der Waals surface area contributed by atoms with Gasteiger partial charge in [0.25, 0.3) is 0 Å². The molecule has 0 amide bonds. The van der Waals surface area contributed by atoms with Crippen molar-refractivity contribution in [3.05, 3.63) is 58.3 Å². The zero-order chi connectivity index (χ0) is 24.0. The van der Waals surface area contributed by atoms with E-state index in [1.165, 1.54) is 18.7 Å². The normalized spacial score (nSPS) is 19.9. The molecular formula is C26H28N2O6. The summed E-state index contributed by atoms with van der Waals surface area (Å²) in [5, 5.41) is 9.60. The van der Waals surface area contributed by atoms with E-state index in [0.29, 0.717) is 30.4 Å². The zero-order valence-corrected chi connectivity index (χ0v) is 19.5. The van der Waals surface area contributed by atoms with Gasteiger partial charge in [-0.05, 0) is 36.0 Å². The first-order chi connectivity index (χ1) is 16.3. The van der Waals surface area contributed by atoms with Gasteiger partial charge in [0.1, 0.15) is 11.3 Å².